The molecule has 0 amide bonds. The van der Waals surface area contributed by atoms with E-state index in [1.54, 1.807) is 19.1 Å². The lowest BCUT2D eigenvalue weighted by Crippen LogP contribution is -2.19. The van der Waals surface area contributed by atoms with Crippen LogP contribution in [0.1, 0.15) is 13.8 Å². The Balaban J connectivity index is 3.02. The largest absolute Gasteiger partial charge is 0.299 e. The first-order valence-electron chi connectivity index (χ1n) is 4.29. The Morgan fingerprint density at radius 1 is 1.33 bits per heavy atom. The Morgan fingerprint density at radius 2 is 1.93 bits per heavy atom. The molecule has 1 rings (SSSR count). The van der Waals surface area contributed by atoms with Gasteiger partial charge in [0.05, 0.1) is 26.1 Å². The number of carbonyl (C=O) groups is 1. The van der Waals surface area contributed by atoms with Gasteiger partial charge in [0.1, 0.15) is 5.78 Å². The normalized spacial score (nSPS) is 14.7. The van der Waals surface area contributed by atoms with E-state index < -0.39 is 16.0 Å². The van der Waals surface area contributed by atoms with Gasteiger partial charge in [0.2, 0.25) is 0 Å². The van der Waals surface area contributed by atoms with Crippen molar-refractivity contribution in [2.75, 3.05) is 0 Å². The summed E-state index contributed by atoms with van der Waals surface area (Å²) in [6.07, 6.45) is 0. The van der Waals surface area contributed by atoms with Crippen LogP contribution in [0.4, 0.5) is 0 Å². The molecule has 0 N–H and O–H groups in total. The lowest BCUT2D eigenvalue weighted by atomic mass is 10.3. The molecule has 15 heavy (non-hydrogen) atoms. The van der Waals surface area contributed by atoms with Crippen molar-refractivity contribution in [2.45, 2.75) is 24.0 Å². The second kappa shape index (κ2) is 5.10. The molecule has 0 aliphatic rings. The van der Waals surface area contributed by atoms with Crippen molar-refractivity contribution >= 4 is 39.8 Å². The van der Waals surface area contributed by atoms with Crippen LogP contribution >= 0.6 is 23.2 Å². The molecule has 0 radical (unpaired) electrons. The predicted octanol–water partition coefficient (Wildman–Crippen LogP) is 3.08. The molecule has 82 valence electrons. The zero-order chi connectivity index (χ0) is 11.6. The minimum absolute atomic E-state index is 0.112. The number of Topliss-reactive ketones (excluding diaryl/α,β-unsaturated/α-hetero) is 1. The van der Waals surface area contributed by atoms with E-state index in [0.29, 0.717) is 14.9 Å². The van der Waals surface area contributed by atoms with Gasteiger partial charge in [0.15, 0.2) is 0 Å². The van der Waals surface area contributed by atoms with Crippen LogP contribution in [0.15, 0.2) is 23.1 Å². The number of benzene rings is 1. The number of hydrogen-bond acceptors (Lipinski definition) is 2. The zero-order valence-electron chi connectivity index (χ0n) is 8.29. The van der Waals surface area contributed by atoms with Crippen LogP contribution in [-0.2, 0) is 15.6 Å². The molecule has 2 atom stereocenters. The van der Waals surface area contributed by atoms with Crippen LogP contribution < -0.4 is 0 Å². The van der Waals surface area contributed by atoms with Gasteiger partial charge in [-0.15, -0.1) is 0 Å². The second-order valence-electron chi connectivity index (χ2n) is 3.13. The topological polar surface area (TPSA) is 34.1 Å². The second-order valence-corrected chi connectivity index (χ2v) is 5.71. The Labute approximate surface area is 101 Å². The van der Waals surface area contributed by atoms with Gasteiger partial charge >= 0.3 is 0 Å². The van der Waals surface area contributed by atoms with E-state index in [2.05, 4.69) is 0 Å². The molecular formula is C10H10Cl2O2S. The molecule has 0 aliphatic heterocycles. The molecule has 0 aromatic heterocycles. The lowest BCUT2D eigenvalue weighted by molar-refractivity contribution is -0.116. The van der Waals surface area contributed by atoms with Gasteiger partial charge in [-0.3, -0.25) is 9.00 Å². The van der Waals surface area contributed by atoms with Gasteiger partial charge in [-0.05, 0) is 32.0 Å². The fraction of sp³-hybridized carbons (Fsp3) is 0.300. The summed E-state index contributed by atoms with van der Waals surface area (Å²) >= 11 is 11.5. The molecule has 0 saturated heterocycles. The summed E-state index contributed by atoms with van der Waals surface area (Å²) in [7, 11) is -1.37. The molecule has 1 aromatic rings. The van der Waals surface area contributed by atoms with E-state index in [0.717, 1.165) is 0 Å². The third kappa shape index (κ3) is 3.03. The summed E-state index contributed by atoms with van der Waals surface area (Å²) in [5, 5.41) is 0.230. The van der Waals surface area contributed by atoms with Crippen molar-refractivity contribution in [1.29, 1.82) is 0 Å². The van der Waals surface area contributed by atoms with Crippen molar-refractivity contribution in [1.82, 2.24) is 0 Å². The van der Waals surface area contributed by atoms with E-state index in [4.69, 9.17) is 23.2 Å². The SMILES string of the molecule is CC(=O)C(C)S(=O)c1ccc(Cl)c(Cl)c1. The molecule has 0 spiro atoms. The Hall–Kier alpha value is -0.380. The molecule has 0 heterocycles. The van der Waals surface area contributed by atoms with Crippen molar-refractivity contribution < 1.29 is 9.00 Å². The van der Waals surface area contributed by atoms with Crippen LogP contribution in [0, 0.1) is 0 Å². The summed E-state index contributed by atoms with van der Waals surface area (Å²) in [5.41, 5.74) is 0. The molecule has 2 unspecified atom stereocenters. The average Bonchev–Trinajstić information content (AvgIpc) is 2.19. The van der Waals surface area contributed by atoms with Gasteiger partial charge < -0.3 is 0 Å². The van der Waals surface area contributed by atoms with Gasteiger partial charge in [0.25, 0.3) is 0 Å². The number of hydrogen-bond donors (Lipinski definition) is 0. The van der Waals surface area contributed by atoms with Crippen molar-refractivity contribution in [3.63, 3.8) is 0 Å². The first-order chi connectivity index (χ1) is 6.93. The van der Waals surface area contributed by atoms with Gasteiger partial charge in [-0.25, -0.2) is 0 Å². The standard InChI is InChI=1S/C10H10Cl2O2S/c1-6(13)7(2)15(14)8-3-4-9(11)10(12)5-8/h3-5,7H,1-2H3. The smallest absolute Gasteiger partial charge is 0.145 e. The highest BCUT2D eigenvalue weighted by molar-refractivity contribution is 7.86. The Morgan fingerprint density at radius 3 is 2.40 bits per heavy atom. The Kier molecular flexibility index (Phi) is 4.32. The average molecular weight is 265 g/mol. The van der Waals surface area contributed by atoms with Crippen LogP contribution in [-0.4, -0.2) is 15.2 Å². The number of carbonyl (C=O) groups excluding carboxylic acids is 1. The molecule has 0 aliphatic carbocycles. The molecule has 2 nitrogen and oxygen atoms in total. The van der Waals surface area contributed by atoms with E-state index in [9.17, 15) is 9.00 Å². The molecule has 5 heteroatoms. The predicted molar refractivity (Wildman–Crippen MR) is 63.0 cm³/mol. The molecule has 0 saturated carbocycles. The number of rotatable bonds is 3. The van der Waals surface area contributed by atoms with Crippen molar-refractivity contribution in [3.8, 4) is 0 Å². The minimum atomic E-state index is -1.37. The third-order valence-electron chi connectivity index (χ3n) is 2.02. The summed E-state index contributed by atoms with van der Waals surface area (Å²) in [5.74, 6) is -0.112. The maximum absolute atomic E-state index is 11.8. The highest BCUT2D eigenvalue weighted by Crippen LogP contribution is 2.25. The highest BCUT2D eigenvalue weighted by Gasteiger charge is 2.18. The fourth-order valence-electron chi connectivity index (χ4n) is 0.957. The lowest BCUT2D eigenvalue weighted by Gasteiger charge is -2.08. The summed E-state index contributed by atoms with van der Waals surface area (Å²) in [4.78, 5) is 11.6. The van der Waals surface area contributed by atoms with Crippen molar-refractivity contribution in [3.05, 3.63) is 28.2 Å². The van der Waals surface area contributed by atoms with Gasteiger partial charge in [0, 0.05) is 4.90 Å². The summed E-state index contributed by atoms with van der Waals surface area (Å²) in [6.45, 7) is 3.04. The molecule has 0 bridgehead atoms. The molecule has 0 fully saturated rings. The van der Waals surface area contributed by atoms with Crippen LogP contribution in [0.3, 0.4) is 0 Å². The summed E-state index contributed by atoms with van der Waals surface area (Å²) < 4.78 is 11.8. The van der Waals surface area contributed by atoms with E-state index in [1.165, 1.54) is 13.0 Å². The highest BCUT2D eigenvalue weighted by atomic mass is 35.5. The minimum Gasteiger partial charge on any atom is -0.299 e. The zero-order valence-corrected chi connectivity index (χ0v) is 10.6. The maximum Gasteiger partial charge on any atom is 0.145 e. The Bertz CT molecular complexity index is 418. The van der Waals surface area contributed by atoms with Crippen molar-refractivity contribution in [2.24, 2.45) is 0 Å². The van der Waals surface area contributed by atoms with Gasteiger partial charge in [-0.2, -0.15) is 0 Å². The fourth-order valence-corrected chi connectivity index (χ4v) is 2.47. The third-order valence-corrected chi connectivity index (χ3v) is 4.45. The van der Waals surface area contributed by atoms with Crippen LogP contribution in [0.2, 0.25) is 10.0 Å². The first-order valence-corrected chi connectivity index (χ1v) is 6.26. The number of ketones is 1. The summed E-state index contributed by atoms with van der Waals surface area (Å²) in [6, 6.07) is 4.72. The van der Waals surface area contributed by atoms with E-state index >= 15 is 0 Å². The van der Waals surface area contributed by atoms with Crippen LogP contribution in [0.25, 0.3) is 0 Å². The van der Waals surface area contributed by atoms with E-state index in [1.807, 2.05) is 0 Å². The van der Waals surface area contributed by atoms with Crippen LogP contribution in [0.5, 0.6) is 0 Å². The van der Waals surface area contributed by atoms with E-state index in [-0.39, 0.29) is 5.78 Å². The quantitative estimate of drug-likeness (QED) is 0.841. The maximum atomic E-state index is 11.8. The monoisotopic (exact) mass is 264 g/mol. The number of halogens is 2. The van der Waals surface area contributed by atoms with Gasteiger partial charge in [-0.1, -0.05) is 23.2 Å². The first kappa shape index (κ1) is 12.7. The molecule has 1 aromatic carbocycles. The molecular weight excluding hydrogens is 255 g/mol.